The van der Waals surface area contributed by atoms with Crippen LogP contribution in [0.25, 0.3) is 0 Å². The molecule has 3 aromatic rings. The summed E-state index contributed by atoms with van der Waals surface area (Å²) in [5.74, 6) is -2.78. The molecule has 0 aliphatic heterocycles. The Kier molecular flexibility index (Phi) is 5.71. The first kappa shape index (κ1) is 19.9. The zero-order valence-electron chi connectivity index (χ0n) is 14.6. The van der Waals surface area contributed by atoms with E-state index in [2.05, 4.69) is 15.0 Å². The number of halogens is 2. The van der Waals surface area contributed by atoms with Crippen LogP contribution in [0.4, 0.5) is 19.6 Å². The fourth-order valence-electron chi connectivity index (χ4n) is 2.24. The molecule has 0 fully saturated rings. The van der Waals surface area contributed by atoms with Gasteiger partial charge in [-0.25, -0.2) is 22.2 Å². The Morgan fingerprint density at radius 2 is 1.82 bits per heavy atom. The fraction of sp³-hybridized carbons (Fsp3) is 0.111. The van der Waals surface area contributed by atoms with Crippen LogP contribution >= 0.6 is 11.3 Å². The van der Waals surface area contributed by atoms with E-state index in [9.17, 15) is 22.0 Å². The summed E-state index contributed by atoms with van der Waals surface area (Å²) in [6.07, 6.45) is 0.763. The second kappa shape index (κ2) is 8.03. The predicted octanol–water partition coefficient (Wildman–Crippen LogP) is 4.04. The topological polar surface area (TPSA) is 88.2 Å². The van der Waals surface area contributed by atoms with Gasteiger partial charge in [-0.05, 0) is 48.9 Å². The van der Waals surface area contributed by atoms with Crippen LogP contribution in [0.15, 0.2) is 52.7 Å². The van der Waals surface area contributed by atoms with Crippen LogP contribution in [0, 0.1) is 11.6 Å². The molecule has 0 unspecified atom stereocenters. The lowest BCUT2D eigenvalue weighted by molar-refractivity contribution is 0.102. The monoisotopic (exact) mass is 423 g/mol. The fourth-order valence-corrected chi connectivity index (χ4v) is 4.10. The summed E-state index contributed by atoms with van der Waals surface area (Å²) in [7, 11) is -4.10. The molecule has 0 aliphatic rings. The van der Waals surface area contributed by atoms with Crippen LogP contribution in [0.3, 0.4) is 0 Å². The van der Waals surface area contributed by atoms with Crippen molar-refractivity contribution >= 4 is 38.1 Å². The van der Waals surface area contributed by atoms with Crippen molar-refractivity contribution < 1.29 is 22.0 Å². The summed E-state index contributed by atoms with van der Waals surface area (Å²) in [6, 6.07) is 7.95. The van der Waals surface area contributed by atoms with Gasteiger partial charge in [0, 0.05) is 16.6 Å². The van der Waals surface area contributed by atoms with Crippen molar-refractivity contribution in [2.45, 2.75) is 18.2 Å². The van der Waals surface area contributed by atoms with Crippen molar-refractivity contribution in [3.05, 3.63) is 70.7 Å². The van der Waals surface area contributed by atoms with Crippen LogP contribution in [-0.2, 0) is 16.4 Å². The van der Waals surface area contributed by atoms with Gasteiger partial charge in [-0.2, -0.15) is 0 Å². The minimum Gasteiger partial charge on any atom is -0.298 e. The number of benzene rings is 2. The number of thiazole rings is 1. The highest BCUT2D eigenvalue weighted by Crippen LogP contribution is 2.20. The van der Waals surface area contributed by atoms with E-state index in [0.29, 0.717) is 16.8 Å². The maximum Gasteiger partial charge on any atom is 0.261 e. The lowest BCUT2D eigenvalue weighted by Crippen LogP contribution is -2.14. The van der Waals surface area contributed by atoms with E-state index in [1.807, 2.05) is 12.3 Å². The molecule has 28 heavy (non-hydrogen) atoms. The summed E-state index contributed by atoms with van der Waals surface area (Å²) in [6.45, 7) is 1.96. The molecule has 6 nitrogen and oxygen atoms in total. The lowest BCUT2D eigenvalue weighted by Gasteiger charge is -2.09. The highest BCUT2D eigenvalue weighted by Gasteiger charge is 2.17. The number of sulfonamides is 1. The summed E-state index contributed by atoms with van der Waals surface area (Å²) < 4.78 is 53.0. The minimum absolute atomic E-state index is 0.170. The Morgan fingerprint density at radius 3 is 2.43 bits per heavy atom. The molecule has 3 rings (SSSR count). The molecule has 0 spiro atoms. The molecule has 2 aromatic carbocycles. The van der Waals surface area contributed by atoms with Crippen molar-refractivity contribution in [1.82, 2.24) is 4.98 Å². The van der Waals surface area contributed by atoms with Gasteiger partial charge in [0.2, 0.25) is 0 Å². The van der Waals surface area contributed by atoms with Crippen molar-refractivity contribution in [2.24, 2.45) is 0 Å². The number of carbonyl (C=O) groups excluding carboxylic acids is 1. The number of anilines is 2. The predicted molar refractivity (Wildman–Crippen MR) is 103 cm³/mol. The Labute approximate surface area is 164 Å². The molecule has 1 heterocycles. The molecule has 0 radical (unpaired) electrons. The van der Waals surface area contributed by atoms with Crippen LogP contribution in [0.5, 0.6) is 0 Å². The number of rotatable bonds is 6. The van der Waals surface area contributed by atoms with E-state index >= 15 is 0 Å². The van der Waals surface area contributed by atoms with Gasteiger partial charge < -0.3 is 0 Å². The van der Waals surface area contributed by atoms with E-state index in [0.717, 1.165) is 24.2 Å². The summed E-state index contributed by atoms with van der Waals surface area (Å²) in [4.78, 5) is 16.1. The largest absolute Gasteiger partial charge is 0.298 e. The summed E-state index contributed by atoms with van der Waals surface area (Å²) >= 11 is 1.32. The van der Waals surface area contributed by atoms with Crippen molar-refractivity contribution in [1.29, 1.82) is 0 Å². The molecule has 1 aromatic heterocycles. The second-order valence-electron chi connectivity index (χ2n) is 5.71. The van der Waals surface area contributed by atoms with Crippen molar-refractivity contribution in [2.75, 3.05) is 10.0 Å². The number of nitrogens with one attached hydrogen (secondary N) is 2. The number of aryl methyl sites for hydroxylation is 1. The maximum atomic E-state index is 13.3. The summed E-state index contributed by atoms with van der Waals surface area (Å²) in [5.41, 5.74) is 1.36. The lowest BCUT2D eigenvalue weighted by atomic mass is 10.2. The SMILES string of the molecule is CCc1csc(NC(=O)c2ccc(NS(=O)(=O)c3ccc(F)c(F)c3)cc2)n1. The highest BCUT2D eigenvalue weighted by atomic mass is 32.2. The number of hydrogen-bond acceptors (Lipinski definition) is 5. The molecule has 0 saturated carbocycles. The van der Waals surface area contributed by atoms with Gasteiger partial charge >= 0.3 is 0 Å². The third kappa shape index (κ3) is 4.52. The van der Waals surface area contributed by atoms with Gasteiger partial charge in [-0.1, -0.05) is 6.92 Å². The number of aromatic nitrogens is 1. The minimum atomic E-state index is -4.10. The van der Waals surface area contributed by atoms with Gasteiger partial charge in [0.25, 0.3) is 15.9 Å². The average molecular weight is 423 g/mol. The molecule has 0 aliphatic carbocycles. The number of amides is 1. The van der Waals surface area contributed by atoms with E-state index in [1.165, 1.54) is 35.6 Å². The van der Waals surface area contributed by atoms with Crippen LogP contribution < -0.4 is 10.0 Å². The molecular formula is C18H15F2N3O3S2. The molecular weight excluding hydrogens is 408 g/mol. The maximum absolute atomic E-state index is 13.3. The van der Waals surface area contributed by atoms with E-state index < -0.39 is 26.6 Å². The van der Waals surface area contributed by atoms with Crippen LogP contribution in [0.2, 0.25) is 0 Å². The number of carbonyl (C=O) groups is 1. The highest BCUT2D eigenvalue weighted by molar-refractivity contribution is 7.92. The molecule has 146 valence electrons. The van der Waals surface area contributed by atoms with Crippen LogP contribution in [0.1, 0.15) is 23.0 Å². The van der Waals surface area contributed by atoms with E-state index in [-0.39, 0.29) is 11.6 Å². The van der Waals surface area contributed by atoms with Crippen molar-refractivity contribution in [3.8, 4) is 0 Å². The first-order valence-corrected chi connectivity index (χ1v) is 10.5. The molecule has 1 amide bonds. The molecule has 0 bridgehead atoms. The van der Waals surface area contributed by atoms with Gasteiger partial charge in [0.1, 0.15) is 0 Å². The third-order valence-corrected chi connectivity index (χ3v) is 5.92. The Morgan fingerprint density at radius 1 is 1.11 bits per heavy atom. The van der Waals surface area contributed by atoms with Gasteiger partial charge in [0.15, 0.2) is 16.8 Å². The second-order valence-corrected chi connectivity index (χ2v) is 8.25. The smallest absolute Gasteiger partial charge is 0.261 e. The normalized spacial score (nSPS) is 11.2. The quantitative estimate of drug-likeness (QED) is 0.626. The number of nitrogens with zero attached hydrogens (tertiary/aromatic N) is 1. The van der Waals surface area contributed by atoms with Gasteiger partial charge in [-0.3, -0.25) is 14.8 Å². The molecule has 10 heteroatoms. The van der Waals surface area contributed by atoms with Crippen molar-refractivity contribution in [3.63, 3.8) is 0 Å². The van der Waals surface area contributed by atoms with E-state index in [4.69, 9.17) is 0 Å². The molecule has 0 atom stereocenters. The molecule has 0 saturated heterocycles. The molecule has 2 N–H and O–H groups in total. The Hall–Kier alpha value is -2.85. The van der Waals surface area contributed by atoms with Gasteiger partial charge in [0.05, 0.1) is 10.6 Å². The Bertz CT molecular complexity index is 1110. The zero-order valence-corrected chi connectivity index (χ0v) is 16.2. The number of hydrogen-bond donors (Lipinski definition) is 2. The average Bonchev–Trinajstić information content (AvgIpc) is 3.11. The first-order valence-electron chi connectivity index (χ1n) is 8.12. The summed E-state index contributed by atoms with van der Waals surface area (Å²) in [5, 5.41) is 5.00. The standard InChI is InChI=1S/C18H15F2N3O3S2/c1-2-12-10-27-18(21-12)22-17(24)11-3-5-13(6-4-11)23-28(25,26)14-7-8-15(19)16(20)9-14/h3-10,23H,2H2,1H3,(H,21,22,24). The third-order valence-electron chi connectivity index (χ3n) is 3.74. The van der Waals surface area contributed by atoms with Crippen LogP contribution in [-0.4, -0.2) is 19.3 Å². The van der Waals surface area contributed by atoms with Gasteiger partial charge in [-0.15, -0.1) is 11.3 Å². The Balaban J connectivity index is 1.71. The first-order chi connectivity index (χ1) is 13.3. The van der Waals surface area contributed by atoms with E-state index in [1.54, 1.807) is 0 Å². The zero-order chi connectivity index (χ0) is 20.3.